The molecule has 112 valence electrons. The lowest BCUT2D eigenvalue weighted by Crippen LogP contribution is -2.21. The number of nitrogens with two attached hydrogens (primary N) is 1. The van der Waals surface area contributed by atoms with Crippen LogP contribution in [0, 0.1) is 0 Å². The molecule has 1 aromatic carbocycles. The normalized spacial score (nSPS) is 17.5. The molecule has 2 amide bonds. The number of rotatable bonds is 6. The summed E-state index contributed by atoms with van der Waals surface area (Å²) in [6.45, 7) is 2.70. The van der Waals surface area contributed by atoms with Gasteiger partial charge >= 0.3 is 0 Å². The average molecular weight is 307 g/mol. The maximum atomic E-state index is 11.9. The predicted molar refractivity (Wildman–Crippen MR) is 83.5 cm³/mol. The number of nitrogens with zero attached hydrogens (tertiary/aromatic N) is 1. The summed E-state index contributed by atoms with van der Waals surface area (Å²) in [5.41, 5.74) is 6.11. The molecule has 1 aromatic rings. The molecule has 7 heteroatoms. The Morgan fingerprint density at radius 1 is 1.43 bits per heavy atom. The third kappa shape index (κ3) is 4.49. The van der Waals surface area contributed by atoms with Crippen LogP contribution in [0.1, 0.15) is 19.8 Å². The van der Waals surface area contributed by atoms with Crippen molar-refractivity contribution in [1.29, 1.82) is 0 Å². The van der Waals surface area contributed by atoms with Crippen molar-refractivity contribution in [3.05, 3.63) is 24.3 Å². The van der Waals surface area contributed by atoms with Gasteiger partial charge in [0.05, 0.1) is 6.61 Å². The third-order valence-corrected chi connectivity index (χ3v) is 3.73. The van der Waals surface area contributed by atoms with Gasteiger partial charge in [-0.3, -0.25) is 9.59 Å². The van der Waals surface area contributed by atoms with E-state index in [0.29, 0.717) is 12.3 Å². The average Bonchev–Trinajstić information content (AvgIpc) is 2.76. The van der Waals surface area contributed by atoms with E-state index in [1.807, 2.05) is 6.92 Å². The minimum atomic E-state index is -0.517. The molecule has 0 aromatic heterocycles. The van der Waals surface area contributed by atoms with Gasteiger partial charge in [-0.2, -0.15) is 4.99 Å². The first-order chi connectivity index (χ1) is 10.1. The van der Waals surface area contributed by atoms with Crippen LogP contribution in [0.2, 0.25) is 0 Å². The molecule has 0 fully saturated rings. The Balaban J connectivity index is 1.84. The molecule has 1 aliphatic rings. The first-order valence-corrected chi connectivity index (χ1v) is 7.54. The summed E-state index contributed by atoms with van der Waals surface area (Å²) in [6.07, 6.45) is 0.999. The van der Waals surface area contributed by atoms with Gasteiger partial charge in [0.15, 0.2) is 5.17 Å². The van der Waals surface area contributed by atoms with E-state index in [1.54, 1.807) is 24.3 Å². The minimum absolute atomic E-state index is 0.0573. The molecule has 3 N–H and O–H groups in total. The lowest BCUT2D eigenvalue weighted by Gasteiger charge is -2.09. The van der Waals surface area contributed by atoms with E-state index in [0.717, 1.165) is 23.9 Å². The van der Waals surface area contributed by atoms with Gasteiger partial charge in [0, 0.05) is 12.1 Å². The number of hydrogen-bond donors (Lipinski definition) is 2. The van der Waals surface area contributed by atoms with Crippen molar-refractivity contribution in [3.63, 3.8) is 0 Å². The molecule has 6 nitrogen and oxygen atoms in total. The molecule has 0 bridgehead atoms. The smallest absolute Gasteiger partial charge is 0.262 e. The molecule has 1 atom stereocenters. The second-order valence-electron chi connectivity index (χ2n) is 4.52. The number of thioether (sulfide) groups is 1. The molecule has 0 aliphatic carbocycles. The minimum Gasteiger partial charge on any atom is -0.494 e. The van der Waals surface area contributed by atoms with Crippen LogP contribution in [0.3, 0.4) is 0 Å². The summed E-state index contributed by atoms with van der Waals surface area (Å²) in [7, 11) is 0. The van der Waals surface area contributed by atoms with E-state index < -0.39 is 5.25 Å². The lowest BCUT2D eigenvalue weighted by molar-refractivity contribution is -0.121. The van der Waals surface area contributed by atoms with Crippen LogP contribution < -0.4 is 15.8 Å². The summed E-state index contributed by atoms with van der Waals surface area (Å²) < 4.78 is 5.46. The fraction of sp³-hybridized carbons (Fsp3) is 0.357. The zero-order valence-electron chi connectivity index (χ0n) is 11.7. The van der Waals surface area contributed by atoms with Crippen molar-refractivity contribution in [3.8, 4) is 5.75 Å². The van der Waals surface area contributed by atoms with E-state index >= 15 is 0 Å². The fourth-order valence-corrected chi connectivity index (χ4v) is 2.59. The maximum absolute atomic E-state index is 11.9. The molecule has 21 heavy (non-hydrogen) atoms. The number of anilines is 1. The number of carbonyl (C=O) groups excluding carboxylic acids is 2. The highest BCUT2D eigenvalue weighted by molar-refractivity contribution is 8.15. The van der Waals surface area contributed by atoms with Crippen LogP contribution in [0.25, 0.3) is 0 Å². The van der Waals surface area contributed by atoms with Crippen molar-refractivity contribution in [2.24, 2.45) is 10.7 Å². The third-order valence-electron chi connectivity index (χ3n) is 2.74. The van der Waals surface area contributed by atoms with Gasteiger partial charge in [-0.25, -0.2) is 0 Å². The standard InChI is InChI=1S/C14H17N3O3S/c1-2-7-20-10-5-3-9(4-6-10)16-12(18)8-11-13(19)17-14(15)21-11/h3-6,11H,2,7-8H2,1H3,(H,16,18)(H2,15,17,19)/t11-/m0/s1. The summed E-state index contributed by atoms with van der Waals surface area (Å²) >= 11 is 1.12. The second-order valence-corrected chi connectivity index (χ2v) is 5.74. The Morgan fingerprint density at radius 2 is 2.14 bits per heavy atom. The number of nitrogens with one attached hydrogen (secondary N) is 1. The van der Waals surface area contributed by atoms with E-state index in [-0.39, 0.29) is 23.4 Å². The van der Waals surface area contributed by atoms with Crippen molar-refractivity contribution in [1.82, 2.24) is 0 Å². The van der Waals surface area contributed by atoms with Crippen molar-refractivity contribution in [2.45, 2.75) is 25.0 Å². The van der Waals surface area contributed by atoms with Gasteiger partial charge in [0.2, 0.25) is 5.91 Å². The van der Waals surface area contributed by atoms with Crippen LogP contribution in [0.5, 0.6) is 5.75 Å². The zero-order valence-corrected chi connectivity index (χ0v) is 12.5. The van der Waals surface area contributed by atoms with E-state index in [9.17, 15) is 9.59 Å². The second kappa shape index (κ2) is 7.12. The molecule has 1 heterocycles. The summed E-state index contributed by atoms with van der Waals surface area (Å²) in [6, 6.07) is 7.11. The van der Waals surface area contributed by atoms with Gasteiger partial charge in [0.25, 0.3) is 5.91 Å². The molecule has 0 saturated heterocycles. The van der Waals surface area contributed by atoms with Crippen LogP contribution in [-0.4, -0.2) is 28.8 Å². The van der Waals surface area contributed by atoms with Crippen molar-refractivity contribution >= 4 is 34.4 Å². The largest absolute Gasteiger partial charge is 0.494 e. The number of carbonyl (C=O) groups is 2. The first-order valence-electron chi connectivity index (χ1n) is 6.66. The van der Waals surface area contributed by atoms with Crippen LogP contribution >= 0.6 is 11.8 Å². The van der Waals surface area contributed by atoms with Crippen molar-refractivity contribution < 1.29 is 14.3 Å². The fourth-order valence-electron chi connectivity index (χ4n) is 1.77. The quantitative estimate of drug-likeness (QED) is 0.835. The number of amides is 2. The highest BCUT2D eigenvalue weighted by atomic mass is 32.2. The Kier molecular flexibility index (Phi) is 5.21. The van der Waals surface area contributed by atoms with Gasteiger partial charge in [-0.15, -0.1) is 0 Å². The van der Waals surface area contributed by atoms with Gasteiger partial charge in [0.1, 0.15) is 11.0 Å². The highest BCUT2D eigenvalue weighted by Crippen LogP contribution is 2.23. The molecule has 0 spiro atoms. The summed E-state index contributed by atoms with van der Waals surface area (Å²) in [5, 5.41) is 2.44. The number of amidine groups is 1. The lowest BCUT2D eigenvalue weighted by atomic mass is 10.2. The molecule has 2 rings (SSSR count). The van der Waals surface area contributed by atoms with Crippen LogP contribution in [-0.2, 0) is 9.59 Å². The zero-order chi connectivity index (χ0) is 15.2. The number of hydrogen-bond acceptors (Lipinski definition) is 5. The van der Waals surface area contributed by atoms with E-state index in [4.69, 9.17) is 10.5 Å². The number of ether oxygens (including phenoxy) is 1. The van der Waals surface area contributed by atoms with Gasteiger partial charge in [-0.05, 0) is 30.7 Å². The topological polar surface area (TPSA) is 93.8 Å². The van der Waals surface area contributed by atoms with Crippen LogP contribution in [0.15, 0.2) is 29.3 Å². The monoisotopic (exact) mass is 307 g/mol. The Labute approximate surface area is 127 Å². The molecular weight excluding hydrogens is 290 g/mol. The SMILES string of the molecule is CCCOc1ccc(NC(=O)C[C@@H]2SC(N)=NC2=O)cc1. The van der Waals surface area contributed by atoms with E-state index in [1.165, 1.54) is 0 Å². The predicted octanol–water partition coefficient (Wildman–Crippen LogP) is 1.76. The van der Waals surface area contributed by atoms with Crippen LogP contribution in [0.4, 0.5) is 5.69 Å². The highest BCUT2D eigenvalue weighted by Gasteiger charge is 2.29. The summed E-state index contributed by atoms with van der Waals surface area (Å²) in [4.78, 5) is 26.9. The van der Waals surface area contributed by atoms with Gasteiger partial charge in [-0.1, -0.05) is 18.7 Å². The van der Waals surface area contributed by atoms with Gasteiger partial charge < -0.3 is 15.8 Å². The summed E-state index contributed by atoms with van der Waals surface area (Å²) in [5.74, 6) is 0.168. The molecule has 0 saturated carbocycles. The Hall–Kier alpha value is -2.02. The number of benzene rings is 1. The molecule has 0 radical (unpaired) electrons. The Morgan fingerprint density at radius 3 is 2.71 bits per heavy atom. The van der Waals surface area contributed by atoms with E-state index in [2.05, 4.69) is 10.3 Å². The maximum Gasteiger partial charge on any atom is 0.262 e. The first kappa shape index (κ1) is 15.4. The molecule has 0 unspecified atom stereocenters. The van der Waals surface area contributed by atoms with Crippen molar-refractivity contribution in [2.75, 3.05) is 11.9 Å². The Bertz CT molecular complexity index is 557. The molecular formula is C14H17N3O3S. The molecule has 1 aliphatic heterocycles. The number of aliphatic imine (C=N–C) groups is 1.